The Bertz CT molecular complexity index is 739. The van der Waals surface area contributed by atoms with Gasteiger partial charge >= 0.3 is 0 Å². The lowest BCUT2D eigenvalue weighted by Gasteiger charge is -2.35. The van der Waals surface area contributed by atoms with Crippen molar-refractivity contribution in [3.63, 3.8) is 0 Å². The fourth-order valence-corrected chi connectivity index (χ4v) is 4.09. The second kappa shape index (κ2) is 6.93. The first-order valence-corrected chi connectivity index (χ1v) is 8.74. The molecule has 1 amide bonds. The predicted octanol–water partition coefficient (Wildman–Crippen LogP) is 2.79. The molecule has 5 nitrogen and oxygen atoms in total. The van der Waals surface area contributed by atoms with E-state index >= 15 is 0 Å². The topological polar surface area (TPSA) is 53.0 Å². The molecule has 0 saturated heterocycles. The molecule has 2 heterocycles. The number of carbonyl (C=O) groups excluding carboxylic acids is 1. The number of aliphatic hydroxyl groups excluding tert-OH is 1. The first kappa shape index (κ1) is 17.0. The normalized spacial score (nSPS) is 14.6. The number of benzene rings is 1. The average molecular weight is 346 g/mol. The summed E-state index contributed by atoms with van der Waals surface area (Å²) in [6.45, 7) is 6.10. The van der Waals surface area contributed by atoms with E-state index in [4.69, 9.17) is 4.74 Å². The lowest BCUT2D eigenvalue weighted by molar-refractivity contribution is 0.0950. The van der Waals surface area contributed by atoms with Gasteiger partial charge in [-0.25, -0.2) is 0 Å². The van der Waals surface area contributed by atoms with Gasteiger partial charge in [-0.05, 0) is 43.7 Å². The third-order valence-electron chi connectivity index (χ3n) is 4.46. The number of methoxy groups -OCH3 is 1. The van der Waals surface area contributed by atoms with Crippen molar-refractivity contribution in [3.8, 4) is 5.75 Å². The van der Waals surface area contributed by atoms with Crippen LogP contribution in [0.25, 0.3) is 0 Å². The summed E-state index contributed by atoms with van der Waals surface area (Å²) in [6.07, 6.45) is 0. The summed E-state index contributed by atoms with van der Waals surface area (Å²) < 4.78 is 5.16. The number of carbonyl (C=O) groups is 1. The smallest absolute Gasteiger partial charge is 0.260 e. The number of aryl methyl sites for hydroxylation is 1. The Labute approximate surface area is 146 Å². The van der Waals surface area contributed by atoms with Crippen LogP contribution in [0.3, 0.4) is 0 Å². The molecule has 1 N–H and O–H groups in total. The summed E-state index contributed by atoms with van der Waals surface area (Å²) in [5, 5.41) is 10.3. The van der Waals surface area contributed by atoms with E-state index in [-0.39, 0.29) is 12.5 Å². The molecule has 0 radical (unpaired) electrons. The van der Waals surface area contributed by atoms with Gasteiger partial charge in [-0.2, -0.15) is 0 Å². The molecule has 1 aliphatic rings. The van der Waals surface area contributed by atoms with Gasteiger partial charge in [-0.3, -0.25) is 14.6 Å². The van der Waals surface area contributed by atoms with E-state index in [2.05, 4.69) is 18.7 Å². The number of anilines is 1. The molecule has 0 atom stereocenters. The van der Waals surface area contributed by atoms with Gasteiger partial charge < -0.3 is 9.84 Å². The van der Waals surface area contributed by atoms with E-state index in [0.717, 1.165) is 17.3 Å². The second-order valence-electron chi connectivity index (χ2n) is 5.95. The standard InChI is InChI=1S/C18H22N2O3S/c1-12-13(2)24-18-16(12)10-19(8-9-21)11-20(18)17(22)14-4-6-15(23-3)7-5-14/h4-7,21H,8-11H2,1-3H3. The molecular formula is C18H22N2O3S. The lowest BCUT2D eigenvalue weighted by Crippen LogP contribution is -2.45. The highest BCUT2D eigenvalue weighted by Crippen LogP contribution is 2.39. The van der Waals surface area contributed by atoms with Crippen LogP contribution in [-0.2, 0) is 6.54 Å². The number of aliphatic hydroxyl groups is 1. The predicted molar refractivity (Wildman–Crippen MR) is 96.0 cm³/mol. The number of nitrogens with zero attached hydrogens (tertiary/aromatic N) is 2. The molecule has 128 valence electrons. The zero-order chi connectivity index (χ0) is 17.3. The van der Waals surface area contributed by atoms with Gasteiger partial charge in [0, 0.05) is 29.1 Å². The molecule has 3 rings (SSSR count). The first-order chi connectivity index (χ1) is 11.5. The summed E-state index contributed by atoms with van der Waals surface area (Å²) in [5.74, 6) is 0.707. The number of amides is 1. The Morgan fingerprint density at radius 2 is 2.00 bits per heavy atom. The summed E-state index contributed by atoms with van der Waals surface area (Å²) in [4.78, 5) is 18.2. The number of ether oxygens (including phenoxy) is 1. The Balaban J connectivity index is 1.95. The van der Waals surface area contributed by atoms with Gasteiger partial charge in [0.05, 0.1) is 20.4 Å². The third-order valence-corrected chi connectivity index (χ3v) is 5.73. The Hall–Kier alpha value is -1.89. The van der Waals surface area contributed by atoms with Crippen molar-refractivity contribution in [2.24, 2.45) is 0 Å². The summed E-state index contributed by atoms with van der Waals surface area (Å²) >= 11 is 1.67. The number of hydrogen-bond donors (Lipinski definition) is 1. The molecule has 0 bridgehead atoms. The van der Waals surface area contributed by atoms with Crippen molar-refractivity contribution in [1.29, 1.82) is 0 Å². The van der Waals surface area contributed by atoms with Crippen molar-refractivity contribution >= 4 is 22.2 Å². The van der Waals surface area contributed by atoms with E-state index in [9.17, 15) is 9.90 Å². The van der Waals surface area contributed by atoms with Crippen molar-refractivity contribution in [3.05, 3.63) is 45.8 Å². The van der Waals surface area contributed by atoms with Gasteiger partial charge in [0.15, 0.2) is 0 Å². The van der Waals surface area contributed by atoms with E-state index in [1.807, 2.05) is 4.90 Å². The van der Waals surface area contributed by atoms with Crippen molar-refractivity contribution in [2.45, 2.75) is 20.4 Å². The van der Waals surface area contributed by atoms with Gasteiger partial charge in [0.2, 0.25) is 0 Å². The van der Waals surface area contributed by atoms with Gasteiger partial charge in [-0.1, -0.05) is 0 Å². The van der Waals surface area contributed by atoms with E-state index < -0.39 is 0 Å². The van der Waals surface area contributed by atoms with Crippen LogP contribution in [0, 0.1) is 13.8 Å². The third kappa shape index (κ3) is 3.05. The molecule has 0 aliphatic carbocycles. The van der Waals surface area contributed by atoms with Crippen molar-refractivity contribution < 1.29 is 14.6 Å². The SMILES string of the molecule is COc1ccc(C(=O)N2CN(CCO)Cc3c2sc(C)c3C)cc1. The number of β-amino-alcohol motifs (C(OH)–C–C–N with tert-alkyl or cyclic N) is 1. The maximum Gasteiger partial charge on any atom is 0.260 e. The lowest BCUT2D eigenvalue weighted by atomic mass is 10.1. The summed E-state index contributed by atoms with van der Waals surface area (Å²) in [5.41, 5.74) is 3.07. The molecular weight excluding hydrogens is 324 g/mol. The molecule has 0 fully saturated rings. The number of rotatable bonds is 4. The van der Waals surface area contributed by atoms with Crippen LogP contribution in [0.2, 0.25) is 0 Å². The molecule has 0 saturated carbocycles. The van der Waals surface area contributed by atoms with Gasteiger partial charge in [0.25, 0.3) is 5.91 Å². The highest BCUT2D eigenvalue weighted by molar-refractivity contribution is 7.16. The molecule has 1 aromatic heterocycles. The van der Waals surface area contributed by atoms with E-state index in [1.54, 1.807) is 42.7 Å². The Morgan fingerprint density at radius 1 is 1.29 bits per heavy atom. The minimum absolute atomic E-state index is 0.0252. The van der Waals surface area contributed by atoms with Crippen LogP contribution in [0.4, 0.5) is 5.00 Å². The fraction of sp³-hybridized carbons (Fsp3) is 0.389. The molecule has 1 aliphatic heterocycles. The number of hydrogen-bond acceptors (Lipinski definition) is 5. The summed E-state index contributed by atoms with van der Waals surface area (Å²) in [7, 11) is 1.61. The maximum atomic E-state index is 13.0. The van der Waals surface area contributed by atoms with Crippen LogP contribution in [0.5, 0.6) is 5.75 Å². The zero-order valence-corrected chi connectivity index (χ0v) is 15.0. The highest BCUT2D eigenvalue weighted by atomic mass is 32.1. The van der Waals surface area contributed by atoms with Crippen LogP contribution < -0.4 is 9.64 Å². The molecule has 0 unspecified atom stereocenters. The van der Waals surface area contributed by atoms with Crippen LogP contribution in [0.15, 0.2) is 24.3 Å². The van der Waals surface area contributed by atoms with Crippen LogP contribution >= 0.6 is 11.3 Å². The van der Waals surface area contributed by atoms with E-state index in [0.29, 0.717) is 18.8 Å². The fourth-order valence-electron chi connectivity index (χ4n) is 2.94. The van der Waals surface area contributed by atoms with Crippen molar-refractivity contribution in [2.75, 3.05) is 31.8 Å². The van der Waals surface area contributed by atoms with Crippen LogP contribution in [-0.4, -0.2) is 42.8 Å². The quantitative estimate of drug-likeness (QED) is 0.925. The summed E-state index contributed by atoms with van der Waals surface area (Å²) in [6, 6.07) is 7.18. The monoisotopic (exact) mass is 346 g/mol. The Kier molecular flexibility index (Phi) is 4.89. The molecule has 24 heavy (non-hydrogen) atoms. The second-order valence-corrected chi connectivity index (χ2v) is 7.15. The average Bonchev–Trinajstić information content (AvgIpc) is 2.89. The molecule has 0 spiro atoms. The number of fused-ring (bicyclic) bond motifs is 1. The molecule has 2 aromatic rings. The highest BCUT2D eigenvalue weighted by Gasteiger charge is 2.31. The van der Waals surface area contributed by atoms with Crippen molar-refractivity contribution in [1.82, 2.24) is 4.90 Å². The largest absolute Gasteiger partial charge is 0.497 e. The Morgan fingerprint density at radius 3 is 2.62 bits per heavy atom. The van der Waals surface area contributed by atoms with Gasteiger partial charge in [-0.15, -0.1) is 11.3 Å². The van der Waals surface area contributed by atoms with Gasteiger partial charge in [0.1, 0.15) is 10.8 Å². The molecule has 1 aromatic carbocycles. The first-order valence-electron chi connectivity index (χ1n) is 7.93. The minimum atomic E-state index is -0.0252. The van der Waals surface area contributed by atoms with Crippen LogP contribution in [0.1, 0.15) is 26.4 Å². The zero-order valence-electron chi connectivity index (χ0n) is 14.2. The maximum absolute atomic E-state index is 13.0. The minimum Gasteiger partial charge on any atom is -0.497 e. The number of thiophene rings is 1. The van der Waals surface area contributed by atoms with E-state index in [1.165, 1.54) is 16.0 Å². The molecule has 6 heteroatoms.